The van der Waals surface area contributed by atoms with Gasteiger partial charge in [0.25, 0.3) is 5.91 Å². The summed E-state index contributed by atoms with van der Waals surface area (Å²) in [5, 5.41) is 22.3. The second kappa shape index (κ2) is 9.54. The van der Waals surface area contributed by atoms with Crippen LogP contribution in [0.15, 0.2) is 72.8 Å². The fourth-order valence-corrected chi connectivity index (χ4v) is 2.99. The van der Waals surface area contributed by atoms with Crippen molar-refractivity contribution in [1.29, 1.82) is 5.26 Å². The number of hydrogen-bond donors (Lipinski definition) is 2. The zero-order valence-electron chi connectivity index (χ0n) is 16.1. The molecule has 0 bridgehead atoms. The van der Waals surface area contributed by atoms with Gasteiger partial charge in [-0.15, -0.1) is 0 Å². The van der Waals surface area contributed by atoms with Gasteiger partial charge in [0.1, 0.15) is 18.5 Å². The molecule has 0 radical (unpaired) electrons. The van der Waals surface area contributed by atoms with E-state index in [9.17, 15) is 15.2 Å². The summed E-state index contributed by atoms with van der Waals surface area (Å²) in [6, 6.07) is 24.0. The van der Waals surface area contributed by atoms with Crippen LogP contribution in [0.3, 0.4) is 0 Å². The summed E-state index contributed by atoms with van der Waals surface area (Å²) in [4.78, 5) is 12.7. The summed E-state index contributed by atoms with van der Waals surface area (Å²) < 4.78 is 5.57. The fraction of sp³-hybridized carbons (Fsp3) is 0.167. The van der Waals surface area contributed by atoms with Crippen molar-refractivity contribution in [2.45, 2.75) is 13.0 Å². The van der Waals surface area contributed by atoms with Crippen LogP contribution in [0.4, 0.5) is 0 Å². The van der Waals surface area contributed by atoms with Crippen LogP contribution in [0.2, 0.25) is 0 Å². The van der Waals surface area contributed by atoms with E-state index in [-0.39, 0.29) is 19.1 Å². The van der Waals surface area contributed by atoms with Crippen LogP contribution in [0.5, 0.6) is 5.75 Å². The zero-order chi connectivity index (χ0) is 20.6. The van der Waals surface area contributed by atoms with Crippen molar-refractivity contribution in [1.82, 2.24) is 5.32 Å². The molecule has 3 rings (SSSR count). The van der Waals surface area contributed by atoms with Crippen LogP contribution in [0.25, 0.3) is 11.1 Å². The molecule has 0 heterocycles. The number of aliphatic hydroxyl groups is 1. The van der Waals surface area contributed by atoms with Gasteiger partial charge in [-0.25, -0.2) is 0 Å². The molecule has 146 valence electrons. The van der Waals surface area contributed by atoms with E-state index in [2.05, 4.69) is 11.4 Å². The smallest absolute Gasteiger partial charge is 0.252 e. The normalized spacial score (nSPS) is 11.3. The van der Waals surface area contributed by atoms with E-state index in [0.717, 1.165) is 5.56 Å². The molecule has 0 aliphatic heterocycles. The molecule has 0 saturated heterocycles. The molecule has 3 aromatic carbocycles. The third kappa shape index (κ3) is 5.22. The van der Waals surface area contributed by atoms with Gasteiger partial charge >= 0.3 is 0 Å². The predicted molar refractivity (Wildman–Crippen MR) is 112 cm³/mol. The summed E-state index contributed by atoms with van der Waals surface area (Å²) in [5.74, 6) is 0.358. The molecule has 0 aliphatic rings. The summed E-state index contributed by atoms with van der Waals surface area (Å²) >= 11 is 0. The lowest BCUT2D eigenvalue weighted by molar-refractivity contribution is 0.0844. The van der Waals surface area contributed by atoms with E-state index < -0.39 is 6.10 Å². The van der Waals surface area contributed by atoms with Crippen molar-refractivity contribution < 1.29 is 14.6 Å². The number of hydrogen-bond acceptors (Lipinski definition) is 4. The van der Waals surface area contributed by atoms with Crippen molar-refractivity contribution in [3.63, 3.8) is 0 Å². The maximum absolute atomic E-state index is 12.7. The van der Waals surface area contributed by atoms with Gasteiger partial charge in [-0.2, -0.15) is 5.26 Å². The predicted octanol–water partition coefficient (Wildman–Crippen LogP) is 3.70. The molecule has 0 fully saturated rings. The SMILES string of the molecule is Cc1cccc(OCC(O)CNC(=O)c2ccccc2-c2ccccc2C#N)c1. The highest BCUT2D eigenvalue weighted by Gasteiger charge is 2.16. The molecule has 29 heavy (non-hydrogen) atoms. The Kier molecular flexibility index (Phi) is 6.62. The third-order valence-electron chi connectivity index (χ3n) is 4.44. The number of nitriles is 1. The number of aliphatic hydroxyl groups excluding tert-OH is 1. The Morgan fingerprint density at radius 2 is 1.79 bits per heavy atom. The number of ether oxygens (including phenoxy) is 1. The molecule has 3 aromatic rings. The van der Waals surface area contributed by atoms with Gasteiger partial charge in [0, 0.05) is 17.7 Å². The second-order valence-corrected chi connectivity index (χ2v) is 6.69. The van der Waals surface area contributed by atoms with Gasteiger partial charge < -0.3 is 15.2 Å². The highest BCUT2D eigenvalue weighted by molar-refractivity contribution is 6.01. The van der Waals surface area contributed by atoms with Gasteiger partial charge in [-0.3, -0.25) is 4.79 Å². The Labute approximate surface area is 170 Å². The van der Waals surface area contributed by atoms with Crippen LogP contribution in [-0.4, -0.2) is 30.3 Å². The van der Waals surface area contributed by atoms with E-state index in [0.29, 0.717) is 28.0 Å². The summed E-state index contributed by atoms with van der Waals surface area (Å²) in [6.07, 6.45) is -0.849. The minimum absolute atomic E-state index is 0.0544. The number of nitrogens with one attached hydrogen (secondary N) is 1. The van der Waals surface area contributed by atoms with E-state index >= 15 is 0 Å². The molecule has 0 aliphatic carbocycles. The maximum Gasteiger partial charge on any atom is 0.252 e. The molecule has 0 aromatic heterocycles. The fourth-order valence-electron chi connectivity index (χ4n) is 2.99. The standard InChI is InChI=1S/C24H22N2O3/c1-17-7-6-9-20(13-17)29-16-19(27)15-26-24(28)23-12-5-4-11-22(23)21-10-3-2-8-18(21)14-25/h2-13,19,27H,15-16H2,1H3,(H,26,28). The van der Waals surface area contributed by atoms with Crippen molar-refractivity contribution in [3.05, 3.63) is 89.5 Å². The highest BCUT2D eigenvalue weighted by Crippen LogP contribution is 2.26. The quantitative estimate of drug-likeness (QED) is 0.649. The third-order valence-corrected chi connectivity index (χ3v) is 4.44. The summed E-state index contributed by atoms with van der Waals surface area (Å²) in [7, 11) is 0. The zero-order valence-corrected chi connectivity index (χ0v) is 16.1. The van der Waals surface area contributed by atoms with Crippen molar-refractivity contribution in [3.8, 4) is 22.9 Å². The van der Waals surface area contributed by atoms with Crippen LogP contribution in [0.1, 0.15) is 21.5 Å². The van der Waals surface area contributed by atoms with Gasteiger partial charge in [0.05, 0.1) is 11.6 Å². The lowest BCUT2D eigenvalue weighted by atomic mass is 9.95. The first kappa shape index (κ1) is 20.1. The van der Waals surface area contributed by atoms with Crippen molar-refractivity contribution >= 4 is 5.91 Å². The number of rotatable bonds is 7. The molecule has 2 N–H and O–H groups in total. The molecular formula is C24H22N2O3. The molecule has 0 saturated carbocycles. The van der Waals surface area contributed by atoms with Gasteiger partial charge in [-0.05, 0) is 42.3 Å². The average Bonchev–Trinajstić information content (AvgIpc) is 2.76. The number of aryl methyl sites for hydroxylation is 1. The minimum Gasteiger partial charge on any atom is -0.491 e. The highest BCUT2D eigenvalue weighted by atomic mass is 16.5. The van der Waals surface area contributed by atoms with E-state index in [1.165, 1.54) is 0 Å². The molecule has 5 heteroatoms. The second-order valence-electron chi connectivity index (χ2n) is 6.69. The Morgan fingerprint density at radius 1 is 1.07 bits per heavy atom. The molecule has 1 unspecified atom stereocenters. The first-order chi connectivity index (χ1) is 14.1. The first-order valence-corrected chi connectivity index (χ1v) is 9.32. The van der Waals surface area contributed by atoms with E-state index in [1.807, 2.05) is 55.5 Å². The topological polar surface area (TPSA) is 82.3 Å². The van der Waals surface area contributed by atoms with E-state index in [1.54, 1.807) is 24.3 Å². The van der Waals surface area contributed by atoms with Crippen LogP contribution in [-0.2, 0) is 0 Å². The molecule has 5 nitrogen and oxygen atoms in total. The largest absolute Gasteiger partial charge is 0.491 e. The van der Waals surface area contributed by atoms with Gasteiger partial charge in [0.15, 0.2) is 0 Å². The molecule has 1 atom stereocenters. The average molecular weight is 386 g/mol. The Morgan fingerprint density at radius 3 is 2.55 bits per heavy atom. The monoisotopic (exact) mass is 386 g/mol. The number of carbonyl (C=O) groups is 1. The van der Waals surface area contributed by atoms with Gasteiger partial charge in [-0.1, -0.05) is 48.5 Å². The van der Waals surface area contributed by atoms with Crippen LogP contribution < -0.4 is 10.1 Å². The van der Waals surface area contributed by atoms with Crippen LogP contribution in [0, 0.1) is 18.3 Å². The lowest BCUT2D eigenvalue weighted by Crippen LogP contribution is -2.35. The number of amides is 1. The number of benzene rings is 3. The first-order valence-electron chi connectivity index (χ1n) is 9.32. The summed E-state index contributed by atoms with van der Waals surface area (Å²) in [6.45, 7) is 2.09. The van der Waals surface area contributed by atoms with Crippen LogP contribution >= 0.6 is 0 Å². The molecule has 1 amide bonds. The number of carbonyl (C=O) groups excluding carboxylic acids is 1. The maximum atomic E-state index is 12.7. The number of nitrogens with zero attached hydrogens (tertiary/aromatic N) is 1. The molecule has 0 spiro atoms. The van der Waals surface area contributed by atoms with Crippen molar-refractivity contribution in [2.24, 2.45) is 0 Å². The molecular weight excluding hydrogens is 364 g/mol. The summed E-state index contributed by atoms with van der Waals surface area (Å²) in [5.41, 5.74) is 3.39. The van der Waals surface area contributed by atoms with Crippen molar-refractivity contribution in [2.75, 3.05) is 13.2 Å². The Balaban J connectivity index is 1.65. The van der Waals surface area contributed by atoms with Gasteiger partial charge in [0.2, 0.25) is 0 Å². The Bertz CT molecular complexity index is 1040. The Hall–Kier alpha value is -3.62. The lowest BCUT2D eigenvalue weighted by Gasteiger charge is -2.15. The minimum atomic E-state index is -0.849. The van der Waals surface area contributed by atoms with E-state index in [4.69, 9.17) is 4.74 Å².